The fraction of sp³-hybridized carbons (Fsp3) is 0.833. The Balaban J connectivity index is 4.17. The van der Waals surface area contributed by atoms with E-state index in [2.05, 4.69) is 19.7 Å². The van der Waals surface area contributed by atoms with Crippen molar-refractivity contribution < 1.29 is 51.3 Å². The van der Waals surface area contributed by atoms with E-state index in [1.54, 1.807) is 0 Å². The number of phosphoric ester groups is 2. The normalized spacial score (nSPS) is 15.8. The van der Waals surface area contributed by atoms with Crippen LogP contribution < -0.4 is 10.6 Å². The first-order chi connectivity index (χ1) is 12.5. The summed E-state index contributed by atoms with van der Waals surface area (Å²) in [5, 5.41) is 4.81. The van der Waals surface area contributed by atoms with Gasteiger partial charge in [0.1, 0.15) is 6.10 Å². The summed E-state index contributed by atoms with van der Waals surface area (Å²) in [6.07, 6.45) is -0.990. The van der Waals surface area contributed by atoms with Crippen molar-refractivity contribution in [2.75, 3.05) is 46.6 Å². The van der Waals surface area contributed by atoms with Crippen molar-refractivity contribution in [1.82, 2.24) is 10.6 Å². The Morgan fingerprint density at radius 3 is 1.74 bits per heavy atom. The second-order valence-electron chi connectivity index (χ2n) is 5.00. The summed E-state index contributed by atoms with van der Waals surface area (Å²) >= 11 is 0. The molecular formula is C12H26N2O11P2. The van der Waals surface area contributed by atoms with Crippen molar-refractivity contribution in [3.05, 3.63) is 0 Å². The highest BCUT2D eigenvalue weighted by molar-refractivity contribution is 7.47. The average molecular weight is 436 g/mol. The van der Waals surface area contributed by atoms with Gasteiger partial charge < -0.3 is 25.2 Å². The lowest BCUT2D eigenvalue weighted by atomic mass is 10.3. The first kappa shape index (κ1) is 26.1. The molecule has 0 bridgehead atoms. The molecule has 0 rings (SSSR count). The average Bonchev–Trinajstić information content (AvgIpc) is 2.56. The third kappa shape index (κ3) is 15.8. The van der Waals surface area contributed by atoms with E-state index in [-0.39, 0.29) is 51.3 Å². The fourth-order valence-electron chi connectivity index (χ4n) is 1.46. The summed E-state index contributed by atoms with van der Waals surface area (Å²) < 4.78 is 46.2. The van der Waals surface area contributed by atoms with E-state index in [4.69, 9.17) is 18.7 Å². The van der Waals surface area contributed by atoms with Gasteiger partial charge in [-0.2, -0.15) is 0 Å². The monoisotopic (exact) mass is 436 g/mol. The highest BCUT2D eigenvalue weighted by Gasteiger charge is 2.27. The van der Waals surface area contributed by atoms with Gasteiger partial charge >= 0.3 is 15.6 Å². The Morgan fingerprint density at radius 2 is 1.33 bits per heavy atom. The van der Waals surface area contributed by atoms with Crippen LogP contribution in [0.5, 0.6) is 0 Å². The zero-order chi connectivity index (χ0) is 20.9. The van der Waals surface area contributed by atoms with Crippen LogP contribution in [0.1, 0.15) is 13.8 Å². The third-order valence-electron chi connectivity index (χ3n) is 2.63. The van der Waals surface area contributed by atoms with Crippen LogP contribution in [-0.2, 0) is 41.6 Å². The topological polar surface area (TPSA) is 179 Å². The number of hydrogen-bond donors (Lipinski definition) is 4. The summed E-state index contributed by atoms with van der Waals surface area (Å²) in [7, 11) is -7.54. The van der Waals surface area contributed by atoms with Crippen LogP contribution in [0.15, 0.2) is 0 Å². The van der Waals surface area contributed by atoms with Gasteiger partial charge in [-0.25, -0.2) is 9.13 Å². The molecule has 0 fully saturated rings. The first-order valence-electron chi connectivity index (χ1n) is 7.73. The maximum atomic E-state index is 11.9. The fourth-order valence-corrected chi connectivity index (χ4v) is 2.76. The second-order valence-corrected chi connectivity index (χ2v) is 7.97. The minimum atomic E-state index is -4.47. The number of ether oxygens (including phenoxy) is 1. The predicted octanol–water partition coefficient (Wildman–Crippen LogP) is -0.459. The SMILES string of the molecule is COP(=O)(O)OCCOCCOP(=O)(O)OC(CNC(C)=O)CNC(C)=O. The van der Waals surface area contributed by atoms with Gasteiger partial charge in [-0.3, -0.25) is 27.7 Å². The minimum absolute atomic E-state index is 0.0818. The van der Waals surface area contributed by atoms with Crippen LogP contribution in [-0.4, -0.2) is 74.3 Å². The van der Waals surface area contributed by atoms with Gasteiger partial charge in [-0.15, -0.1) is 0 Å². The van der Waals surface area contributed by atoms with Gasteiger partial charge in [-0.1, -0.05) is 0 Å². The van der Waals surface area contributed by atoms with Gasteiger partial charge in [0.15, 0.2) is 0 Å². The molecule has 0 heterocycles. The molecule has 0 aromatic heterocycles. The lowest BCUT2D eigenvalue weighted by molar-refractivity contribution is -0.119. The van der Waals surface area contributed by atoms with Crippen LogP contribution in [0.4, 0.5) is 0 Å². The Kier molecular flexibility index (Phi) is 12.9. The second kappa shape index (κ2) is 13.3. The number of rotatable bonds is 15. The van der Waals surface area contributed by atoms with Crippen molar-refractivity contribution in [1.29, 1.82) is 0 Å². The van der Waals surface area contributed by atoms with E-state index >= 15 is 0 Å². The van der Waals surface area contributed by atoms with Crippen LogP contribution in [0, 0.1) is 0 Å². The van der Waals surface area contributed by atoms with E-state index in [1.807, 2.05) is 0 Å². The molecule has 2 atom stereocenters. The van der Waals surface area contributed by atoms with Crippen molar-refractivity contribution >= 4 is 27.5 Å². The molecule has 0 spiro atoms. The molecule has 0 aromatic rings. The maximum Gasteiger partial charge on any atom is 0.472 e. The molecule has 4 N–H and O–H groups in total. The van der Waals surface area contributed by atoms with E-state index < -0.39 is 21.7 Å². The maximum absolute atomic E-state index is 11.9. The highest BCUT2D eigenvalue weighted by Crippen LogP contribution is 2.44. The quantitative estimate of drug-likeness (QED) is 0.193. The lowest BCUT2D eigenvalue weighted by Gasteiger charge is -2.21. The first-order valence-corrected chi connectivity index (χ1v) is 10.7. The van der Waals surface area contributed by atoms with E-state index in [1.165, 1.54) is 13.8 Å². The zero-order valence-corrected chi connectivity index (χ0v) is 17.1. The molecule has 13 nitrogen and oxygen atoms in total. The Morgan fingerprint density at radius 1 is 0.889 bits per heavy atom. The largest absolute Gasteiger partial charge is 0.472 e. The molecule has 0 aliphatic heterocycles. The molecule has 27 heavy (non-hydrogen) atoms. The molecule has 0 radical (unpaired) electrons. The smallest absolute Gasteiger partial charge is 0.377 e. The molecule has 0 aromatic carbocycles. The Bertz CT molecular complexity index is 541. The van der Waals surface area contributed by atoms with Gasteiger partial charge in [-0.05, 0) is 0 Å². The minimum Gasteiger partial charge on any atom is -0.377 e. The van der Waals surface area contributed by atoms with Crippen LogP contribution in [0.2, 0.25) is 0 Å². The highest BCUT2D eigenvalue weighted by atomic mass is 31.2. The Labute approximate surface area is 156 Å². The predicted molar refractivity (Wildman–Crippen MR) is 91.6 cm³/mol. The van der Waals surface area contributed by atoms with Gasteiger partial charge in [0, 0.05) is 34.0 Å². The van der Waals surface area contributed by atoms with Gasteiger partial charge in [0.25, 0.3) is 0 Å². The molecule has 0 saturated heterocycles. The standard InChI is InChI=1S/C12H26N2O11P2/c1-10(15)13-8-12(9-14-11(2)16)25-27(19,20)24-7-5-22-4-6-23-26(17,18)21-3/h12H,4-9H2,1-3H3,(H,13,15)(H,14,16)(H,17,18)(H,19,20). The molecule has 15 heteroatoms. The van der Waals surface area contributed by atoms with Gasteiger partial charge in [0.2, 0.25) is 11.8 Å². The molecule has 2 unspecified atom stereocenters. The summed E-state index contributed by atoms with van der Waals surface area (Å²) in [5.74, 6) is -0.756. The molecule has 2 amide bonds. The van der Waals surface area contributed by atoms with Crippen molar-refractivity contribution in [3.8, 4) is 0 Å². The van der Waals surface area contributed by atoms with E-state index in [0.29, 0.717) is 0 Å². The molecular weight excluding hydrogens is 410 g/mol. The van der Waals surface area contributed by atoms with Crippen LogP contribution >= 0.6 is 15.6 Å². The third-order valence-corrected chi connectivity index (χ3v) is 4.68. The summed E-state index contributed by atoms with van der Waals surface area (Å²) in [6, 6.07) is 0. The molecule has 0 saturated carbocycles. The lowest BCUT2D eigenvalue weighted by Crippen LogP contribution is -2.40. The molecule has 160 valence electrons. The van der Waals surface area contributed by atoms with E-state index in [0.717, 1.165) is 7.11 Å². The number of carbonyl (C=O) groups is 2. The van der Waals surface area contributed by atoms with Crippen LogP contribution in [0.3, 0.4) is 0 Å². The summed E-state index contributed by atoms with van der Waals surface area (Å²) in [4.78, 5) is 40.5. The number of phosphoric acid groups is 2. The molecule has 0 aliphatic carbocycles. The van der Waals surface area contributed by atoms with Gasteiger partial charge in [0.05, 0.1) is 26.4 Å². The van der Waals surface area contributed by atoms with E-state index in [9.17, 15) is 23.6 Å². The van der Waals surface area contributed by atoms with Crippen LogP contribution in [0.25, 0.3) is 0 Å². The number of amides is 2. The number of hydrogen-bond acceptors (Lipinski definition) is 9. The Hall–Kier alpha value is -0.880. The summed E-state index contributed by atoms with van der Waals surface area (Å²) in [6.45, 7) is 1.54. The molecule has 0 aliphatic rings. The van der Waals surface area contributed by atoms with Crippen molar-refractivity contribution in [3.63, 3.8) is 0 Å². The van der Waals surface area contributed by atoms with Crippen molar-refractivity contribution in [2.45, 2.75) is 20.0 Å². The number of carbonyl (C=O) groups excluding carboxylic acids is 2. The van der Waals surface area contributed by atoms with Crippen molar-refractivity contribution in [2.24, 2.45) is 0 Å². The summed E-state index contributed by atoms with van der Waals surface area (Å²) in [5.41, 5.74) is 0. The number of nitrogens with one attached hydrogen (secondary N) is 2. The zero-order valence-electron chi connectivity index (χ0n) is 15.3.